The fraction of sp³-hybridized carbons (Fsp3) is 0.235. The molecule has 0 saturated heterocycles. The average molecular weight is 509 g/mol. The second-order valence-electron chi connectivity index (χ2n) is 5.55. The number of methoxy groups -OCH3 is 1. The standard InChI is InChI=1S/C17H18ClIN2O4S/c1-11(17(22)20-13-6-4-12(19)5-7-13)21(26(3,23)24)14-8-9-16(25-2)15(18)10-14/h4-11H,1-3H3,(H,20,22)/t11-/m1/s1. The molecule has 140 valence electrons. The van der Waals surface area contributed by atoms with Crippen molar-refractivity contribution >= 4 is 61.5 Å². The molecule has 0 bridgehead atoms. The molecule has 1 N–H and O–H groups in total. The molecule has 0 aliphatic heterocycles. The second-order valence-corrected chi connectivity index (χ2v) is 9.06. The molecule has 0 aliphatic carbocycles. The molecule has 1 amide bonds. The van der Waals surface area contributed by atoms with E-state index in [-0.39, 0.29) is 10.7 Å². The topological polar surface area (TPSA) is 75.7 Å². The summed E-state index contributed by atoms with van der Waals surface area (Å²) in [7, 11) is -2.26. The van der Waals surface area contributed by atoms with Crippen LogP contribution in [0.5, 0.6) is 5.75 Å². The molecular weight excluding hydrogens is 491 g/mol. The molecule has 9 heteroatoms. The lowest BCUT2D eigenvalue weighted by atomic mass is 10.2. The van der Waals surface area contributed by atoms with Crippen molar-refractivity contribution in [1.82, 2.24) is 0 Å². The zero-order chi connectivity index (χ0) is 19.5. The first-order valence-electron chi connectivity index (χ1n) is 7.53. The minimum atomic E-state index is -3.73. The van der Waals surface area contributed by atoms with Gasteiger partial charge in [-0.1, -0.05) is 11.6 Å². The van der Waals surface area contributed by atoms with Gasteiger partial charge in [-0.25, -0.2) is 8.42 Å². The lowest BCUT2D eigenvalue weighted by Crippen LogP contribution is -2.45. The van der Waals surface area contributed by atoms with Crippen molar-refractivity contribution in [2.75, 3.05) is 23.0 Å². The normalized spacial score (nSPS) is 12.3. The van der Waals surface area contributed by atoms with Crippen LogP contribution in [-0.2, 0) is 14.8 Å². The Morgan fingerprint density at radius 1 is 1.23 bits per heavy atom. The molecular formula is C17H18ClIN2O4S. The van der Waals surface area contributed by atoms with E-state index in [9.17, 15) is 13.2 Å². The van der Waals surface area contributed by atoms with Crippen LogP contribution in [0.15, 0.2) is 42.5 Å². The van der Waals surface area contributed by atoms with E-state index in [4.69, 9.17) is 16.3 Å². The molecule has 0 spiro atoms. The highest BCUT2D eigenvalue weighted by molar-refractivity contribution is 14.1. The number of hydrogen-bond acceptors (Lipinski definition) is 4. The Hall–Kier alpha value is -1.52. The minimum absolute atomic E-state index is 0.254. The number of rotatable bonds is 6. The van der Waals surface area contributed by atoms with E-state index in [0.717, 1.165) is 14.1 Å². The number of hydrogen-bond donors (Lipinski definition) is 1. The Morgan fingerprint density at radius 3 is 2.35 bits per heavy atom. The van der Waals surface area contributed by atoms with Crippen molar-refractivity contribution in [2.24, 2.45) is 0 Å². The first-order chi connectivity index (χ1) is 12.1. The lowest BCUT2D eigenvalue weighted by Gasteiger charge is -2.28. The fourth-order valence-electron chi connectivity index (χ4n) is 2.38. The maximum absolute atomic E-state index is 12.6. The molecule has 0 radical (unpaired) electrons. The van der Waals surface area contributed by atoms with Crippen molar-refractivity contribution in [1.29, 1.82) is 0 Å². The third kappa shape index (κ3) is 5.01. The molecule has 26 heavy (non-hydrogen) atoms. The molecule has 0 heterocycles. The van der Waals surface area contributed by atoms with Crippen LogP contribution >= 0.6 is 34.2 Å². The predicted molar refractivity (Wildman–Crippen MR) is 113 cm³/mol. The fourth-order valence-corrected chi connectivity index (χ4v) is 4.16. The number of nitrogens with zero attached hydrogens (tertiary/aromatic N) is 1. The molecule has 0 unspecified atom stereocenters. The first kappa shape index (κ1) is 20.8. The highest BCUT2D eigenvalue weighted by Gasteiger charge is 2.29. The lowest BCUT2D eigenvalue weighted by molar-refractivity contribution is -0.116. The quantitative estimate of drug-likeness (QED) is 0.603. The summed E-state index contributed by atoms with van der Waals surface area (Å²) in [5.74, 6) is -0.0385. The van der Waals surface area contributed by atoms with Crippen molar-refractivity contribution in [3.05, 3.63) is 51.1 Å². The summed E-state index contributed by atoms with van der Waals surface area (Å²) < 4.78 is 31.8. The molecule has 0 fully saturated rings. The summed E-state index contributed by atoms with van der Waals surface area (Å²) in [5.41, 5.74) is 0.868. The van der Waals surface area contributed by atoms with Gasteiger partial charge in [0.2, 0.25) is 15.9 Å². The Morgan fingerprint density at radius 2 is 1.85 bits per heavy atom. The van der Waals surface area contributed by atoms with E-state index >= 15 is 0 Å². The van der Waals surface area contributed by atoms with Gasteiger partial charge in [0.05, 0.1) is 24.1 Å². The summed E-state index contributed by atoms with van der Waals surface area (Å²) in [4.78, 5) is 12.6. The highest BCUT2D eigenvalue weighted by atomic mass is 127. The predicted octanol–water partition coefficient (Wildman–Crippen LogP) is 3.75. The van der Waals surface area contributed by atoms with Gasteiger partial charge < -0.3 is 10.1 Å². The summed E-state index contributed by atoms with van der Waals surface area (Å²) >= 11 is 8.26. The van der Waals surface area contributed by atoms with E-state index in [1.807, 2.05) is 12.1 Å². The molecule has 0 saturated carbocycles. The molecule has 2 aromatic carbocycles. The molecule has 0 aliphatic rings. The van der Waals surface area contributed by atoms with Gasteiger partial charge in [-0.2, -0.15) is 0 Å². The van der Waals surface area contributed by atoms with Crippen molar-refractivity contribution < 1.29 is 17.9 Å². The maximum Gasteiger partial charge on any atom is 0.247 e. The minimum Gasteiger partial charge on any atom is -0.495 e. The van der Waals surface area contributed by atoms with E-state index in [1.54, 1.807) is 24.3 Å². The van der Waals surface area contributed by atoms with Gasteiger partial charge in [0, 0.05) is 9.26 Å². The Bertz CT molecular complexity index is 903. The van der Waals surface area contributed by atoms with Gasteiger partial charge in [0.25, 0.3) is 0 Å². The monoisotopic (exact) mass is 508 g/mol. The molecule has 2 rings (SSSR count). The smallest absolute Gasteiger partial charge is 0.247 e. The SMILES string of the molecule is COc1ccc(N([C@H](C)C(=O)Nc2ccc(I)cc2)S(C)(=O)=O)cc1Cl. The van der Waals surface area contributed by atoms with Gasteiger partial charge in [-0.05, 0) is 72.0 Å². The Labute approximate surface area is 171 Å². The van der Waals surface area contributed by atoms with Crippen molar-refractivity contribution in [3.63, 3.8) is 0 Å². The van der Waals surface area contributed by atoms with Gasteiger partial charge in [-0.3, -0.25) is 9.10 Å². The van der Waals surface area contributed by atoms with Gasteiger partial charge >= 0.3 is 0 Å². The molecule has 6 nitrogen and oxygen atoms in total. The van der Waals surface area contributed by atoms with Crippen LogP contribution in [0, 0.1) is 3.57 Å². The zero-order valence-corrected chi connectivity index (χ0v) is 18.1. The van der Waals surface area contributed by atoms with E-state index in [0.29, 0.717) is 11.4 Å². The number of carbonyl (C=O) groups excluding carboxylic acids is 1. The molecule has 2 aromatic rings. The van der Waals surface area contributed by atoms with Crippen LogP contribution in [0.25, 0.3) is 0 Å². The van der Waals surface area contributed by atoms with Crippen LogP contribution in [-0.4, -0.2) is 33.7 Å². The van der Waals surface area contributed by atoms with Crippen molar-refractivity contribution in [3.8, 4) is 5.75 Å². The summed E-state index contributed by atoms with van der Waals surface area (Å²) in [6, 6.07) is 10.8. The first-order valence-corrected chi connectivity index (χ1v) is 10.8. The summed E-state index contributed by atoms with van der Waals surface area (Å²) in [6.07, 6.45) is 1.04. The van der Waals surface area contributed by atoms with Crippen LogP contribution < -0.4 is 14.4 Å². The summed E-state index contributed by atoms with van der Waals surface area (Å²) in [6.45, 7) is 1.52. The molecule has 0 aromatic heterocycles. The average Bonchev–Trinajstić information content (AvgIpc) is 2.56. The third-order valence-corrected chi connectivity index (χ3v) is 5.85. The largest absolute Gasteiger partial charge is 0.495 e. The van der Waals surface area contributed by atoms with Crippen LogP contribution in [0.4, 0.5) is 11.4 Å². The third-order valence-electron chi connectivity index (χ3n) is 3.59. The second kappa shape index (κ2) is 8.45. The Kier molecular flexibility index (Phi) is 6.75. The highest BCUT2D eigenvalue weighted by Crippen LogP contribution is 2.31. The number of sulfonamides is 1. The van der Waals surface area contributed by atoms with Gasteiger partial charge in [-0.15, -0.1) is 0 Å². The number of nitrogens with one attached hydrogen (secondary N) is 1. The number of carbonyl (C=O) groups is 1. The van der Waals surface area contributed by atoms with E-state index in [1.165, 1.54) is 20.1 Å². The van der Waals surface area contributed by atoms with Gasteiger partial charge in [0.15, 0.2) is 0 Å². The van der Waals surface area contributed by atoms with Crippen LogP contribution in [0.3, 0.4) is 0 Å². The van der Waals surface area contributed by atoms with Gasteiger partial charge in [0.1, 0.15) is 11.8 Å². The molecule has 1 atom stereocenters. The van der Waals surface area contributed by atoms with Crippen LogP contribution in [0.1, 0.15) is 6.92 Å². The Balaban J connectivity index is 2.32. The van der Waals surface area contributed by atoms with E-state index in [2.05, 4.69) is 27.9 Å². The number of benzene rings is 2. The maximum atomic E-state index is 12.6. The zero-order valence-electron chi connectivity index (χ0n) is 14.4. The summed E-state index contributed by atoms with van der Waals surface area (Å²) in [5, 5.41) is 2.98. The van der Waals surface area contributed by atoms with Crippen LogP contribution in [0.2, 0.25) is 5.02 Å². The number of anilines is 2. The van der Waals surface area contributed by atoms with E-state index < -0.39 is 22.0 Å². The number of ether oxygens (including phenoxy) is 1. The number of amides is 1. The van der Waals surface area contributed by atoms with Crippen molar-refractivity contribution in [2.45, 2.75) is 13.0 Å². The number of halogens is 2.